The Hall–Kier alpha value is -2.66. The molecule has 0 saturated heterocycles. The van der Waals surface area contributed by atoms with Crippen LogP contribution in [0.2, 0.25) is 0 Å². The van der Waals surface area contributed by atoms with Crippen molar-refractivity contribution < 1.29 is 9.47 Å². The first kappa shape index (κ1) is 25.4. The molecule has 0 spiro atoms. The second-order valence-corrected chi connectivity index (χ2v) is 12.7. The van der Waals surface area contributed by atoms with Crippen LogP contribution < -0.4 is 30.7 Å². The van der Waals surface area contributed by atoms with Gasteiger partial charge in [0.15, 0.2) is 0 Å². The first-order valence-electron chi connectivity index (χ1n) is 12.4. The largest absolute Gasteiger partial charge is 0.493 e. The van der Waals surface area contributed by atoms with Crippen molar-refractivity contribution in [3.63, 3.8) is 0 Å². The highest BCUT2D eigenvalue weighted by atomic mass is 31.1. The smallest absolute Gasteiger partial charge is 0.127 e. The number of para-hydroxylation sites is 2. The van der Waals surface area contributed by atoms with Crippen LogP contribution in [0.1, 0.15) is 20.3 Å². The standard InChI is InChI=1S/C31H34O2P2/c1-3-32-28-20-11-13-22-30(28)35(31-23-14-12-21-29(31)33-4-2)25-15-24-34(26-16-7-5-8-17-26)27-18-9-6-10-19-27/h5-14,16-23H,3-4,15,24-25H2,1-2H3. The van der Waals surface area contributed by atoms with Gasteiger partial charge in [-0.05, 0) is 71.2 Å². The fraction of sp³-hybridized carbons (Fsp3) is 0.226. The summed E-state index contributed by atoms with van der Waals surface area (Å²) in [5, 5.41) is 5.51. The van der Waals surface area contributed by atoms with E-state index in [1.165, 1.54) is 21.2 Å². The quantitative estimate of drug-likeness (QED) is 0.209. The Morgan fingerprint density at radius 1 is 0.486 bits per heavy atom. The van der Waals surface area contributed by atoms with Crippen molar-refractivity contribution in [3.05, 3.63) is 109 Å². The van der Waals surface area contributed by atoms with E-state index in [0.717, 1.165) is 30.2 Å². The van der Waals surface area contributed by atoms with E-state index in [-0.39, 0.29) is 0 Å². The molecule has 0 aliphatic heterocycles. The highest BCUT2D eigenvalue weighted by Gasteiger charge is 2.22. The summed E-state index contributed by atoms with van der Waals surface area (Å²) in [5.41, 5.74) is 0. The van der Waals surface area contributed by atoms with Crippen LogP contribution in [-0.2, 0) is 0 Å². The van der Waals surface area contributed by atoms with Crippen molar-refractivity contribution in [1.29, 1.82) is 0 Å². The Labute approximate surface area is 212 Å². The minimum atomic E-state index is -0.624. The summed E-state index contributed by atoms with van der Waals surface area (Å²) >= 11 is 0. The Bertz CT molecular complexity index is 1080. The van der Waals surface area contributed by atoms with E-state index in [1.54, 1.807) is 0 Å². The third kappa shape index (κ3) is 6.72. The molecule has 0 bridgehead atoms. The molecule has 4 heteroatoms. The van der Waals surface area contributed by atoms with E-state index in [2.05, 4.69) is 123 Å². The lowest BCUT2D eigenvalue weighted by atomic mass is 10.3. The van der Waals surface area contributed by atoms with Crippen LogP contribution in [0.25, 0.3) is 0 Å². The molecule has 0 amide bonds. The molecule has 0 heterocycles. The highest BCUT2D eigenvalue weighted by Crippen LogP contribution is 2.43. The molecule has 0 aliphatic carbocycles. The Balaban J connectivity index is 1.64. The van der Waals surface area contributed by atoms with Gasteiger partial charge in [-0.2, -0.15) is 0 Å². The lowest BCUT2D eigenvalue weighted by Crippen LogP contribution is -2.20. The monoisotopic (exact) mass is 500 g/mol. The third-order valence-electron chi connectivity index (χ3n) is 5.81. The maximum Gasteiger partial charge on any atom is 0.127 e. The van der Waals surface area contributed by atoms with E-state index < -0.39 is 15.8 Å². The second-order valence-electron chi connectivity index (χ2n) is 8.13. The third-order valence-corrected chi connectivity index (χ3v) is 11.1. The molecular weight excluding hydrogens is 466 g/mol. The van der Waals surface area contributed by atoms with E-state index in [0.29, 0.717) is 13.2 Å². The van der Waals surface area contributed by atoms with Crippen LogP contribution in [0.15, 0.2) is 109 Å². The van der Waals surface area contributed by atoms with Gasteiger partial charge in [-0.3, -0.25) is 0 Å². The average Bonchev–Trinajstić information content (AvgIpc) is 2.91. The van der Waals surface area contributed by atoms with Crippen molar-refractivity contribution in [2.24, 2.45) is 0 Å². The topological polar surface area (TPSA) is 18.5 Å². The van der Waals surface area contributed by atoms with Gasteiger partial charge < -0.3 is 9.47 Å². The fourth-order valence-corrected chi connectivity index (χ4v) is 9.46. The zero-order valence-corrected chi connectivity index (χ0v) is 22.4. The first-order chi connectivity index (χ1) is 17.3. The zero-order valence-electron chi connectivity index (χ0n) is 20.6. The molecule has 0 saturated carbocycles. The summed E-state index contributed by atoms with van der Waals surface area (Å²) in [4.78, 5) is 0. The second kappa shape index (κ2) is 13.4. The Morgan fingerprint density at radius 3 is 1.34 bits per heavy atom. The molecule has 2 nitrogen and oxygen atoms in total. The van der Waals surface area contributed by atoms with E-state index in [4.69, 9.17) is 9.47 Å². The van der Waals surface area contributed by atoms with Crippen molar-refractivity contribution in [1.82, 2.24) is 0 Å². The SMILES string of the molecule is CCOc1ccccc1P(CCCP(c1ccccc1)c1ccccc1)c1ccccc1OCC. The lowest BCUT2D eigenvalue weighted by Gasteiger charge is -2.25. The van der Waals surface area contributed by atoms with Crippen molar-refractivity contribution in [2.45, 2.75) is 20.3 Å². The van der Waals surface area contributed by atoms with Gasteiger partial charge >= 0.3 is 0 Å². The van der Waals surface area contributed by atoms with Gasteiger partial charge in [0.25, 0.3) is 0 Å². The molecule has 4 aromatic rings. The van der Waals surface area contributed by atoms with Crippen LogP contribution in [0, 0.1) is 0 Å². The molecule has 0 unspecified atom stereocenters. The minimum Gasteiger partial charge on any atom is -0.493 e. The lowest BCUT2D eigenvalue weighted by molar-refractivity contribution is 0.342. The summed E-state index contributed by atoms with van der Waals surface area (Å²) in [7, 11) is -1.02. The number of ether oxygens (including phenoxy) is 2. The van der Waals surface area contributed by atoms with Crippen LogP contribution in [0.5, 0.6) is 11.5 Å². The van der Waals surface area contributed by atoms with Crippen molar-refractivity contribution in [3.8, 4) is 11.5 Å². The summed E-state index contributed by atoms with van der Waals surface area (Å²) in [6.07, 6.45) is 3.40. The molecule has 180 valence electrons. The van der Waals surface area contributed by atoms with Crippen molar-refractivity contribution >= 4 is 37.1 Å². The Morgan fingerprint density at radius 2 is 0.886 bits per heavy atom. The molecule has 0 radical (unpaired) electrons. The van der Waals surface area contributed by atoms with E-state index in [1.807, 2.05) is 0 Å². The predicted octanol–water partition coefficient (Wildman–Crippen LogP) is 6.44. The zero-order chi connectivity index (χ0) is 24.3. The molecule has 0 N–H and O–H groups in total. The van der Waals surface area contributed by atoms with Gasteiger partial charge in [0.05, 0.1) is 13.2 Å². The maximum absolute atomic E-state index is 6.08. The number of hydrogen-bond acceptors (Lipinski definition) is 2. The first-order valence-corrected chi connectivity index (χ1v) is 15.5. The summed E-state index contributed by atoms with van der Waals surface area (Å²) in [5.74, 6) is 2.00. The van der Waals surface area contributed by atoms with Crippen LogP contribution in [0.4, 0.5) is 0 Å². The molecule has 0 aliphatic rings. The number of rotatable bonds is 12. The maximum atomic E-state index is 6.08. The van der Waals surface area contributed by atoms with Gasteiger partial charge in [-0.25, -0.2) is 0 Å². The van der Waals surface area contributed by atoms with Gasteiger partial charge in [-0.15, -0.1) is 0 Å². The summed E-state index contributed by atoms with van der Waals surface area (Å²) in [6.45, 7) is 5.45. The predicted molar refractivity (Wildman–Crippen MR) is 155 cm³/mol. The molecule has 4 aromatic carbocycles. The molecular formula is C31H34O2P2. The molecule has 35 heavy (non-hydrogen) atoms. The van der Waals surface area contributed by atoms with Gasteiger partial charge in [0.2, 0.25) is 0 Å². The normalized spacial score (nSPS) is 11.1. The van der Waals surface area contributed by atoms with E-state index in [9.17, 15) is 0 Å². The molecule has 0 fully saturated rings. The fourth-order valence-electron chi connectivity index (χ4n) is 4.30. The number of hydrogen-bond donors (Lipinski definition) is 0. The van der Waals surface area contributed by atoms with Crippen molar-refractivity contribution in [2.75, 3.05) is 25.5 Å². The molecule has 0 atom stereocenters. The van der Waals surface area contributed by atoms with Gasteiger partial charge in [-0.1, -0.05) is 97.1 Å². The molecule has 0 aromatic heterocycles. The average molecular weight is 501 g/mol. The summed E-state index contributed by atoms with van der Waals surface area (Å²) in [6, 6.07) is 39.1. The van der Waals surface area contributed by atoms with E-state index >= 15 is 0 Å². The van der Waals surface area contributed by atoms with Crippen LogP contribution >= 0.6 is 15.8 Å². The Kier molecular flexibility index (Phi) is 9.76. The number of benzene rings is 4. The minimum absolute atomic E-state index is 0.400. The van der Waals surface area contributed by atoms with Crippen LogP contribution in [-0.4, -0.2) is 25.5 Å². The highest BCUT2D eigenvalue weighted by molar-refractivity contribution is 7.74. The van der Waals surface area contributed by atoms with Gasteiger partial charge in [0.1, 0.15) is 11.5 Å². The van der Waals surface area contributed by atoms with Gasteiger partial charge in [0, 0.05) is 10.6 Å². The van der Waals surface area contributed by atoms with Crippen LogP contribution in [0.3, 0.4) is 0 Å². The molecule has 4 rings (SSSR count). The summed E-state index contributed by atoms with van der Waals surface area (Å²) < 4.78 is 12.2.